The lowest BCUT2D eigenvalue weighted by molar-refractivity contribution is -0.119. The first-order valence-electron chi connectivity index (χ1n) is 7.11. The van der Waals surface area contributed by atoms with Crippen molar-refractivity contribution in [1.82, 2.24) is 4.90 Å². The van der Waals surface area contributed by atoms with Crippen LogP contribution in [0.15, 0.2) is 12.1 Å². The fraction of sp³-hybridized carbons (Fsp3) is 0.467. The summed E-state index contributed by atoms with van der Waals surface area (Å²) in [6.45, 7) is 1.19. The molecular weight excluding hydrogens is 308 g/mol. The molecule has 0 saturated carbocycles. The third kappa shape index (κ3) is 3.82. The normalized spacial score (nSPS) is 14.5. The van der Waals surface area contributed by atoms with Gasteiger partial charge in [-0.2, -0.15) is 0 Å². The van der Waals surface area contributed by atoms with Crippen molar-refractivity contribution in [3.8, 4) is 11.5 Å². The zero-order valence-corrected chi connectivity index (χ0v) is 13.2. The molecule has 1 aromatic carbocycles. The number of rotatable bonds is 5. The third-order valence-electron chi connectivity index (χ3n) is 3.48. The number of nitrogens with zero attached hydrogens (tertiary/aromatic N) is 1. The third-order valence-corrected chi connectivity index (χ3v) is 3.76. The number of carbonyl (C=O) groups is 2. The summed E-state index contributed by atoms with van der Waals surface area (Å²) in [5.41, 5.74) is 5.49. The number of amides is 2. The molecule has 7 heteroatoms. The van der Waals surface area contributed by atoms with Gasteiger partial charge in [-0.25, -0.2) is 0 Å². The molecule has 0 unspecified atom stereocenters. The van der Waals surface area contributed by atoms with Crippen LogP contribution in [0.5, 0.6) is 11.5 Å². The molecular formula is C15H19ClN2O4. The number of hydrogen-bond acceptors (Lipinski definition) is 4. The van der Waals surface area contributed by atoms with Crippen LogP contribution in [0.2, 0.25) is 5.02 Å². The lowest BCUT2D eigenvalue weighted by Crippen LogP contribution is -2.35. The lowest BCUT2D eigenvalue weighted by atomic mass is 10.1. The van der Waals surface area contributed by atoms with Gasteiger partial charge in [0.25, 0.3) is 11.8 Å². The van der Waals surface area contributed by atoms with Crippen LogP contribution >= 0.6 is 11.6 Å². The second-order valence-electron chi connectivity index (χ2n) is 5.10. The number of benzene rings is 1. The first kappa shape index (κ1) is 16.4. The van der Waals surface area contributed by atoms with Crippen LogP contribution in [0.25, 0.3) is 0 Å². The van der Waals surface area contributed by atoms with E-state index >= 15 is 0 Å². The summed E-state index contributed by atoms with van der Waals surface area (Å²) in [7, 11) is 1.44. The Morgan fingerprint density at radius 3 is 2.55 bits per heavy atom. The largest absolute Gasteiger partial charge is 0.493 e. The molecule has 1 saturated heterocycles. The number of carbonyl (C=O) groups excluding carboxylic acids is 2. The molecule has 2 rings (SSSR count). The van der Waals surface area contributed by atoms with Crippen molar-refractivity contribution >= 4 is 23.4 Å². The average molecular weight is 327 g/mol. The Hall–Kier alpha value is -1.95. The van der Waals surface area contributed by atoms with E-state index in [9.17, 15) is 9.59 Å². The summed E-state index contributed by atoms with van der Waals surface area (Å²) >= 11 is 6.15. The van der Waals surface area contributed by atoms with Crippen LogP contribution in [-0.2, 0) is 4.79 Å². The molecule has 1 aromatic rings. The topological polar surface area (TPSA) is 81.9 Å². The van der Waals surface area contributed by atoms with Crippen molar-refractivity contribution in [3.05, 3.63) is 22.7 Å². The number of hydrogen-bond donors (Lipinski definition) is 1. The summed E-state index contributed by atoms with van der Waals surface area (Å²) in [4.78, 5) is 25.1. The maximum Gasteiger partial charge on any atom is 0.255 e. The van der Waals surface area contributed by atoms with Gasteiger partial charge in [-0.1, -0.05) is 11.6 Å². The summed E-state index contributed by atoms with van der Waals surface area (Å²) < 4.78 is 10.4. The van der Waals surface area contributed by atoms with Crippen LogP contribution in [0.4, 0.5) is 0 Å². The molecule has 1 aliphatic rings. The zero-order valence-electron chi connectivity index (χ0n) is 12.4. The van der Waals surface area contributed by atoms with E-state index < -0.39 is 5.91 Å². The van der Waals surface area contributed by atoms with Crippen molar-refractivity contribution in [2.75, 3.05) is 26.8 Å². The van der Waals surface area contributed by atoms with Gasteiger partial charge in [0.05, 0.1) is 12.1 Å². The summed E-state index contributed by atoms with van der Waals surface area (Å²) in [6.07, 6.45) is 3.17. The van der Waals surface area contributed by atoms with Gasteiger partial charge in [-0.3, -0.25) is 9.59 Å². The summed E-state index contributed by atoms with van der Waals surface area (Å²) in [5, 5.41) is 0.209. The second-order valence-corrected chi connectivity index (χ2v) is 5.50. The number of primary amides is 1. The molecule has 0 radical (unpaired) electrons. The quantitative estimate of drug-likeness (QED) is 0.895. The molecule has 1 heterocycles. The van der Waals surface area contributed by atoms with Crippen LogP contribution in [0.1, 0.15) is 29.6 Å². The number of methoxy groups -OCH3 is 1. The highest BCUT2D eigenvalue weighted by Gasteiger charge is 2.21. The van der Waals surface area contributed by atoms with Crippen LogP contribution in [0.3, 0.4) is 0 Å². The van der Waals surface area contributed by atoms with Crippen LogP contribution in [-0.4, -0.2) is 43.5 Å². The molecule has 1 aliphatic heterocycles. The molecule has 2 N–H and O–H groups in total. The SMILES string of the molecule is COc1cc(C(=O)N2CCCCC2)cc(Cl)c1OCC(N)=O. The smallest absolute Gasteiger partial charge is 0.255 e. The number of ether oxygens (including phenoxy) is 2. The van der Waals surface area contributed by atoms with Crippen molar-refractivity contribution in [2.24, 2.45) is 5.73 Å². The minimum Gasteiger partial charge on any atom is -0.493 e. The predicted octanol–water partition coefficient (Wildman–Crippen LogP) is 1.84. The zero-order chi connectivity index (χ0) is 16.1. The Morgan fingerprint density at radius 1 is 1.27 bits per heavy atom. The minimum atomic E-state index is -0.619. The van der Waals surface area contributed by atoms with Gasteiger partial charge in [0.2, 0.25) is 0 Å². The second kappa shape index (κ2) is 7.35. The molecule has 0 aliphatic carbocycles. The summed E-state index contributed by atoms with van der Waals surface area (Å²) in [5.74, 6) is -0.194. The Kier molecular flexibility index (Phi) is 5.49. The molecule has 0 spiro atoms. The van der Waals surface area contributed by atoms with Gasteiger partial charge >= 0.3 is 0 Å². The van der Waals surface area contributed by atoms with Crippen LogP contribution in [0, 0.1) is 0 Å². The Labute approximate surface area is 134 Å². The molecule has 120 valence electrons. The van der Waals surface area contributed by atoms with Gasteiger partial charge < -0.3 is 20.1 Å². The predicted molar refractivity (Wildman–Crippen MR) is 82.4 cm³/mol. The van der Waals surface area contributed by atoms with E-state index in [1.54, 1.807) is 11.0 Å². The molecule has 0 atom stereocenters. The van der Waals surface area contributed by atoms with E-state index in [1.165, 1.54) is 13.2 Å². The van der Waals surface area contributed by atoms with Gasteiger partial charge in [0.1, 0.15) is 0 Å². The number of nitrogens with two attached hydrogens (primary N) is 1. The molecule has 0 bridgehead atoms. The minimum absolute atomic E-state index is 0.0821. The first-order valence-corrected chi connectivity index (χ1v) is 7.48. The van der Waals surface area contributed by atoms with E-state index in [4.69, 9.17) is 26.8 Å². The maximum absolute atomic E-state index is 12.5. The Balaban J connectivity index is 2.24. The molecule has 6 nitrogen and oxygen atoms in total. The monoisotopic (exact) mass is 326 g/mol. The van der Waals surface area contributed by atoms with E-state index in [0.717, 1.165) is 32.4 Å². The fourth-order valence-corrected chi connectivity index (χ4v) is 2.67. The molecule has 2 amide bonds. The first-order chi connectivity index (χ1) is 10.5. The lowest BCUT2D eigenvalue weighted by Gasteiger charge is -2.27. The summed E-state index contributed by atoms with van der Waals surface area (Å²) in [6, 6.07) is 3.09. The Bertz CT molecular complexity index is 571. The standard InChI is InChI=1S/C15H19ClN2O4/c1-21-12-8-10(15(20)18-5-3-2-4-6-18)7-11(16)14(12)22-9-13(17)19/h7-8H,2-6,9H2,1H3,(H2,17,19). The maximum atomic E-state index is 12.5. The van der Waals surface area contributed by atoms with Gasteiger partial charge in [-0.15, -0.1) is 0 Å². The van der Waals surface area contributed by atoms with E-state index in [-0.39, 0.29) is 23.3 Å². The Morgan fingerprint density at radius 2 is 1.95 bits per heavy atom. The average Bonchev–Trinajstić information content (AvgIpc) is 2.52. The molecule has 1 fully saturated rings. The fourth-order valence-electron chi connectivity index (χ4n) is 2.41. The highest BCUT2D eigenvalue weighted by molar-refractivity contribution is 6.32. The van der Waals surface area contributed by atoms with Crippen molar-refractivity contribution in [1.29, 1.82) is 0 Å². The van der Waals surface area contributed by atoms with Gasteiger partial charge in [0.15, 0.2) is 18.1 Å². The van der Waals surface area contributed by atoms with Gasteiger partial charge in [0, 0.05) is 18.7 Å². The van der Waals surface area contributed by atoms with E-state index in [2.05, 4.69) is 0 Å². The van der Waals surface area contributed by atoms with Crippen molar-refractivity contribution in [2.45, 2.75) is 19.3 Å². The number of halogens is 1. The van der Waals surface area contributed by atoms with E-state index in [1.807, 2.05) is 0 Å². The highest BCUT2D eigenvalue weighted by Crippen LogP contribution is 2.36. The molecule has 22 heavy (non-hydrogen) atoms. The van der Waals surface area contributed by atoms with Crippen molar-refractivity contribution in [3.63, 3.8) is 0 Å². The van der Waals surface area contributed by atoms with Crippen molar-refractivity contribution < 1.29 is 19.1 Å². The number of piperidine rings is 1. The highest BCUT2D eigenvalue weighted by atomic mass is 35.5. The molecule has 0 aromatic heterocycles. The van der Waals surface area contributed by atoms with E-state index in [0.29, 0.717) is 11.3 Å². The van der Waals surface area contributed by atoms with Gasteiger partial charge in [-0.05, 0) is 31.4 Å². The van der Waals surface area contributed by atoms with Crippen LogP contribution < -0.4 is 15.2 Å². The number of likely N-dealkylation sites (tertiary alicyclic amines) is 1.